The summed E-state index contributed by atoms with van der Waals surface area (Å²) in [5.41, 5.74) is 2.16. The number of ether oxygens (including phenoxy) is 1. The van der Waals surface area contributed by atoms with E-state index in [1.807, 2.05) is 31.2 Å². The second-order valence-electron chi connectivity index (χ2n) is 4.49. The summed E-state index contributed by atoms with van der Waals surface area (Å²) >= 11 is 0. The number of benzene rings is 1. The van der Waals surface area contributed by atoms with E-state index >= 15 is 0 Å². The van der Waals surface area contributed by atoms with Crippen LogP contribution in [0.4, 0.5) is 5.95 Å². The Kier molecular flexibility index (Phi) is 4.87. The molecular weight excluding hydrogens is 252 g/mol. The Morgan fingerprint density at radius 1 is 1.05 bits per heavy atom. The Balaban J connectivity index is 2.34. The van der Waals surface area contributed by atoms with Crippen molar-refractivity contribution in [2.45, 2.75) is 27.2 Å². The van der Waals surface area contributed by atoms with Gasteiger partial charge < -0.3 is 10.1 Å². The van der Waals surface area contributed by atoms with Crippen LogP contribution in [0.1, 0.15) is 25.8 Å². The van der Waals surface area contributed by atoms with Gasteiger partial charge in [0.2, 0.25) is 5.95 Å². The predicted molar refractivity (Wildman–Crippen MR) is 79.9 cm³/mol. The smallest absolute Gasteiger partial charge is 0.321 e. The van der Waals surface area contributed by atoms with Gasteiger partial charge in [-0.05, 0) is 20.3 Å². The van der Waals surface area contributed by atoms with E-state index in [1.165, 1.54) is 5.56 Å². The predicted octanol–water partition coefficient (Wildman–Crippen LogP) is 3.07. The molecule has 0 spiro atoms. The lowest BCUT2D eigenvalue weighted by Gasteiger charge is -2.08. The van der Waals surface area contributed by atoms with Crippen LogP contribution < -0.4 is 10.1 Å². The molecule has 0 bridgehead atoms. The zero-order chi connectivity index (χ0) is 14.4. The molecule has 0 radical (unpaired) electrons. The Hall–Kier alpha value is -2.17. The number of aromatic nitrogens is 3. The van der Waals surface area contributed by atoms with Crippen molar-refractivity contribution >= 4 is 5.95 Å². The highest BCUT2D eigenvalue weighted by atomic mass is 16.5. The van der Waals surface area contributed by atoms with E-state index in [0.717, 1.165) is 18.5 Å². The fourth-order valence-electron chi connectivity index (χ4n) is 1.70. The normalized spacial score (nSPS) is 10.3. The molecule has 0 unspecified atom stereocenters. The molecule has 106 valence electrons. The number of hydrogen-bond donors (Lipinski definition) is 1. The summed E-state index contributed by atoms with van der Waals surface area (Å²) in [5, 5.41) is 3.17. The quantitative estimate of drug-likeness (QED) is 0.875. The van der Waals surface area contributed by atoms with E-state index in [4.69, 9.17) is 4.74 Å². The van der Waals surface area contributed by atoms with Crippen LogP contribution in [-0.4, -0.2) is 28.1 Å². The molecule has 5 heteroatoms. The van der Waals surface area contributed by atoms with Crippen LogP contribution in [0.3, 0.4) is 0 Å². The summed E-state index contributed by atoms with van der Waals surface area (Å²) in [4.78, 5) is 13.0. The summed E-state index contributed by atoms with van der Waals surface area (Å²) < 4.78 is 5.41. The zero-order valence-electron chi connectivity index (χ0n) is 12.2. The van der Waals surface area contributed by atoms with E-state index < -0.39 is 0 Å². The van der Waals surface area contributed by atoms with E-state index in [0.29, 0.717) is 24.4 Å². The van der Waals surface area contributed by atoms with Crippen molar-refractivity contribution in [1.29, 1.82) is 0 Å². The molecule has 2 rings (SSSR count). The number of nitrogens with one attached hydrogen (secondary N) is 1. The van der Waals surface area contributed by atoms with Gasteiger partial charge in [0, 0.05) is 12.1 Å². The number of rotatable bonds is 6. The number of nitrogens with zero attached hydrogens (tertiary/aromatic N) is 3. The Morgan fingerprint density at radius 3 is 2.45 bits per heavy atom. The highest BCUT2D eigenvalue weighted by Gasteiger charge is 2.08. The molecule has 0 fully saturated rings. The van der Waals surface area contributed by atoms with E-state index in [1.54, 1.807) is 0 Å². The van der Waals surface area contributed by atoms with Gasteiger partial charge in [-0.2, -0.15) is 15.0 Å². The minimum Gasteiger partial charge on any atom is -0.464 e. The summed E-state index contributed by atoms with van der Waals surface area (Å²) in [7, 11) is 0. The molecule has 0 aliphatic carbocycles. The molecule has 1 aromatic heterocycles. The van der Waals surface area contributed by atoms with Crippen LogP contribution in [0.15, 0.2) is 24.3 Å². The fraction of sp³-hybridized carbons (Fsp3) is 0.400. The van der Waals surface area contributed by atoms with Gasteiger partial charge in [0.15, 0.2) is 5.82 Å². The first-order valence-corrected chi connectivity index (χ1v) is 6.92. The maximum Gasteiger partial charge on any atom is 0.321 e. The molecule has 1 heterocycles. The molecule has 0 saturated carbocycles. The van der Waals surface area contributed by atoms with Crippen LogP contribution >= 0.6 is 0 Å². The van der Waals surface area contributed by atoms with Gasteiger partial charge in [-0.15, -0.1) is 0 Å². The Labute approximate surface area is 119 Å². The number of hydrogen-bond acceptors (Lipinski definition) is 5. The molecule has 0 aliphatic rings. The largest absolute Gasteiger partial charge is 0.464 e. The molecule has 0 amide bonds. The van der Waals surface area contributed by atoms with Gasteiger partial charge >= 0.3 is 6.01 Å². The maximum atomic E-state index is 5.41. The van der Waals surface area contributed by atoms with Crippen LogP contribution in [0, 0.1) is 6.92 Å². The molecule has 20 heavy (non-hydrogen) atoms. The first-order chi connectivity index (χ1) is 9.72. The monoisotopic (exact) mass is 272 g/mol. The van der Waals surface area contributed by atoms with Crippen LogP contribution in [0.25, 0.3) is 11.4 Å². The second-order valence-corrected chi connectivity index (χ2v) is 4.49. The van der Waals surface area contributed by atoms with Crippen molar-refractivity contribution in [3.05, 3.63) is 29.8 Å². The molecule has 0 saturated heterocycles. The lowest BCUT2D eigenvalue weighted by molar-refractivity contribution is 0.312. The van der Waals surface area contributed by atoms with Crippen molar-refractivity contribution in [2.75, 3.05) is 18.5 Å². The van der Waals surface area contributed by atoms with Crippen molar-refractivity contribution in [1.82, 2.24) is 15.0 Å². The molecule has 0 atom stereocenters. The first-order valence-electron chi connectivity index (χ1n) is 6.92. The fourth-order valence-corrected chi connectivity index (χ4v) is 1.70. The minimum atomic E-state index is 0.358. The molecule has 2 aromatic rings. The van der Waals surface area contributed by atoms with E-state index in [9.17, 15) is 0 Å². The average Bonchev–Trinajstić information content (AvgIpc) is 2.46. The Morgan fingerprint density at radius 2 is 1.80 bits per heavy atom. The topological polar surface area (TPSA) is 59.9 Å². The number of anilines is 1. The average molecular weight is 272 g/mol. The van der Waals surface area contributed by atoms with Crippen molar-refractivity contribution in [3.63, 3.8) is 0 Å². The molecular formula is C15H20N4O. The van der Waals surface area contributed by atoms with Crippen molar-refractivity contribution in [3.8, 4) is 17.4 Å². The van der Waals surface area contributed by atoms with Gasteiger partial charge in [0.1, 0.15) is 0 Å². The van der Waals surface area contributed by atoms with Crippen LogP contribution in [-0.2, 0) is 0 Å². The lowest BCUT2D eigenvalue weighted by atomic mass is 10.1. The standard InChI is InChI=1S/C15H20N4O/c1-4-10-16-14-17-13(18-15(19-14)20-5-2)12-8-6-11(3)7-9-12/h6-9H,4-5,10H2,1-3H3,(H,16,17,18,19). The van der Waals surface area contributed by atoms with Crippen molar-refractivity contribution < 1.29 is 4.74 Å². The van der Waals surface area contributed by atoms with E-state index in [2.05, 4.69) is 34.1 Å². The molecule has 0 aliphatic heterocycles. The summed E-state index contributed by atoms with van der Waals surface area (Å²) in [6.45, 7) is 7.41. The van der Waals surface area contributed by atoms with E-state index in [-0.39, 0.29) is 0 Å². The highest BCUT2D eigenvalue weighted by Crippen LogP contribution is 2.19. The van der Waals surface area contributed by atoms with Gasteiger partial charge in [0.25, 0.3) is 0 Å². The molecule has 1 aromatic carbocycles. The zero-order valence-corrected chi connectivity index (χ0v) is 12.2. The van der Waals surface area contributed by atoms with Gasteiger partial charge in [-0.25, -0.2) is 0 Å². The molecule has 1 N–H and O–H groups in total. The molecule has 5 nitrogen and oxygen atoms in total. The minimum absolute atomic E-state index is 0.358. The SMILES string of the molecule is CCCNc1nc(OCC)nc(-c2ccc(C)cc2)n1. The summed E-state index contributed by atoms with van der Waals surface area (Å²) in [6.07, 6.45) is 1.01. The highest BCUT2D eigenvalue weighted by molar-refractivity contribution is 5.56. The summed E-state index contributed by atoms with van der Waals surface area (Å²) in [5.74, 6) is 1.18. The first kappa shape index (κ1) is 14.2. The van der Waals surface area contributed by atoms with Crippen molar-refractivity contribution in [2.24, 2.45) is 0 Å². The second kappa shape index (κ2) is 6.84. The lowest BCUT2D eigenvalue weighted by Crippen LogP contribution is -2.08. The van der Waals surface area contributed by atoms with Gasteiger partial charge in [-0.1, -0.05) is 36.8 Å². The number of aryl methyl sites for hydroxylation is 1. The Bertz CT molecular complexity index is 554. The third-order valence-electron chi connectivity index (χ3n) is 2.73. The van der Waals surface area contributed by atoms with Crippen LogP contribution in [0.5, 0.6) is 6.01 Å². The third kappa shape index (κ3) is 3.66. The third-order valence-corrected chi connectivity index (χ3v) is 2.73. The summed E-state index contributed by atoms with van der Waals surface area (Å²) in [6, 6.07) is 8.45. The maximum absolute atomic E-state index is 5.41. The van der Waals surface area contributed by atoms with Gasteiger partial charge in [0.05, 0.1) is 6.61 Å². The van der Waals surface area contributed by atoms with Crippen LogP contribution in [0.2, 0.25) is 0 Å². The van der Waals surface area contributed by atoms with Gasteiger partial charge in [-0.3, -0.25) is 0 Å².